The van der Waals surface area contributed by atoms with Crippen molar-refractivity contribution in [2.45, 2.75) is 27.7 Å². The van der Waals surface area contributed by atoms with Crippen LogP contribution in [0.5, 0.6) is 28.7 Å². The largest absolute Gasteiger partial charge is 0.508 e. The molecule has 0 amide bonds. The number of aryl methyl sites for hydroxylation is 4. The molecule has 168 valence electrons. The van der Waals surface area contributed by atoms with Crippen LogP contribution in [0.15, 0.2) is 72.8 Å². The normalized spacial score (nSPS) is 10.8. The molecule has 4 aromatic carbocycles. The van der Waals surface area contributed by atoms with Crippen LogP contribution in [0, 0.1) is 27.7 Å². The number of hydrogen-bond acceptors (Lipinski definition) is 5. The summed E-state index contributed by atoms with van der Waals surface area (Å²) in [6.45, 7) is 7.56. The highest BCUT2D eigenvalue weighted by Gasteiger charge is 2.16. The van der Waals surface area contributed by atoms with Crippen molar-refractivity contribution >= 4 is 17.1 Å². The van der Waals surface area contributed by atoms with Gasteiger partial charge in [0.25, 0.3) is 0 Å². The molecule has 0 fully saturated rings. The second-order valence-electron chi connectivity index (χ2n) is 8.36. The first-order valence-electron chi connectivity index (χ1n) is 10.7. The Hall–Kier alpha value is -4.12. The van der Waals surface area contributed by atoms with Crippen LogP contribution in [-0.4, -0.2) is 15.3 Å². The monoisotopic (exact) mass is 441 g/mol. The molecule has 0 aromatic heterocycles. The number of phenolic OH excluding ortho intramolecular Hbond substituents is 3. The summed E-state index contributed by atoms with van der Waals surface area (Å²) in [7, 11) is 0. The van der Waals surface area contributed by atoms with Crippen molar-refractivity contribution < 1.29 is 20.1 Å². The average Bonchev–Trinajstić information content (AvgIpc) is 2.74. The molecule has 4 aromatic rings. The Balaban J connectivity index is 1.76. The molecule has 0 saturated heterocycles. The molecule has 5 nitrogen and oxygen atoms in total. The van der Waals surface area contributed by atoms with Crippen LogP contribution in [0.1, 0.15) is 22.3 Å². The van der Waals surface area contributed by atoms with Gasteiger partial charge in [-0.2, -0.15) is 0 Å². The van der Waals surface area contributed by atoms with Crippen LogP contribution >= 0.6 is 0 Å². The molecular weight excluding hydrogens is 414 g/mol. The van der Waals surface area contributed by atoms with Gasteiger partial charge in [0.05, 0.1) is 11.4 Å². The number of aromatic hydroxyl groups is 3. The Morgan fingerprint density at radius 2 is 1.09 bits per heavy atom. The van der Waals surface area contributed by atoms with Gasteiger partial charge >= 0.3 is 0 Å². The number of hydrogen-bond donors (Lipinski definition) is 3. The summed E-state index contributed by atoms with van der Waals surface area (Å²) in [5.74, 6) is 1.48. The van der Waals surface area contributed by atoms with Crippen molar-refractivity contribution in [2.24, 2.45) is 0 Å². The number of benzene rings is 4. The highest BCUT2D eigenvalue weighted by atomic mass is 16.5. The molecule has 4 rings (SSSR count). The van der Waals surface area contributed by atoms with Crippen LogP contribution < -0.4 is 9.64 Å². The van der Waals surface area contributed by atoms with Crippen LogP contribution in [0.2, 0.25) is 0 Å². The van der Waals surface area contributed by atoms with Crippen LogP contribution in [0.4, 0.5) is 17.1 Å². The van der Waals surface area contributed by atoms with Gasteiger partial charge in [0.2, 0.25) is 0 Å². The zero-order valence-corrected chi connectivity index (χ0v) is 19.1. The fraction of sp³-hybridized carbons (Fsp3) is 0.143. The topological polar surface area (TPSA) is 73.2 Å². The van der Waals surface area contributed by atoms with E-state index in [2.05, 4.69) is 0 Å². The summed E-state index contributed by atoms with van der Waals surface area (Å²) >= 11 is 0. The summed E-state index contributed by atoms with van der Waals surface area (Å²) in [6.07, 6.45) is 0. The van der Waals surface area contributed by atoms with E-state index in [9.17, 15) is 15.3 Å². The van der Waals surface area contributed by atoms with E-state index in [-0.39, 0.29) is 17.2 Å². The van der Waals surface area contributed by atoms with Gasteiger partial charge in [0.1, 0.15) is 17.2 Å². The third kappa shape index (κ3) is 4.72. The van der Waals surface area contributed by atoms with Gasteiger partial charge in [-0.1, -0.05) is 12.1 Å². The van der Waals surface area contributed by atoms with E-state index >= 15 is 0 Å². The Labute approximate surface area is 193 Å². The average molecular weight is 442 g/mol. The molecule has 0 radical (unpaired) electrons. The number of anilines is 3. The molecule has 0 aliphatic carbocycles. The van der Waals surface area contributed by atoms with Crippen LogP contribution in [-0.2, 0) is 0 Å². The number of phenols is 3. The third-order valence-corrected chi connectivity index (χ3v) is 5.46. The first kappa shape index (κ1) is 22.1. The van der Waals surface area contributed by atoms with Gasteiger partial charge in [-0.15, -0.1) is 0 Å². The molecule has 0 unspecified atom stereocenters. The SMILES string of the molecule is Cc1cc(O)cc(N(c2ccc(Oc3c(C)ccc(C)c3O)cc2)c2cc(C)cc(O)c2)c1. The summed E-state index contributed by atoms with van der Waals surface area (Å²) in [6, 6.07) is 21.9. The Kier molecular flexibility index (Phi) is 5.88. The lowest BCUT2D eigenvalue weighted by molar-refractivity contribution is 0.406. The zero-order chi connectivity index (χ0) is 23.7. The molecule has 33 heavy (non-hydrogen) atoms. The lowest BCUT2D eigenvalue weighted by Crippen LogP contribution is -2.10. The van der Waals surface area contributed by atoms with Crippen molar-refractivity contribution in [3.05, 3.63) is 95.1 Å². The van der Waals surface area contributed by atoms with Gasteiger partial charge in [-0.25, -0.2) is 0 Å². The smallest absolute Gasteiger partial charge is 0.172 e. The minimum Gasteiger partial charge on any atom is -0.508 e. The summed E-state index contributed by atoms with van der Waals surface area (Å²) in [5.41, 5.74) is 5.76. The van der Waals surface area contributed by atoms with E-state index in [0.717, 1.165) is 39.3 Å². The molecule has 0 bridgehead atoms. The number of ether oxygens (including phenoxy) is 1. The fourth-order valence-electron chi connectivity index (χ4n) is 3.87. The third-order valence-electron chi connectivity index (χ3n) is 5.46. The van der Waals surface area contributed by atoms with Crippen molar-refractivity contribution in [3.63, 3.8) is 0 Å². The van der Waals surface area contributed by atoms with Gasteiger partial charge in [-0.3, -0.25) is 0 Å². The summed E-state index contributed by atoms with van der Waals surface area (Å²) in [4.78, 5) is 1.96. The quantitative estimate of drug-likeness (QED) is 0.303. The van der Waals surface area contributed by atoms with E-state index < -0.39 is 0 Å². The van der Waals surface area contributed by atoms with Gasteiger partial charge < -0.3 is 25.0 Å². The van der Waals surface area contributed by atoms with E-state index in [0.29, 0.717) is 11.5 Å². The molecule has 0 aliphatic rings. The van der Waals surface area contributed by atoms with Crippen molar-refractivity contribution in [3.8, 4) is 28.7 Å². The maximum atomic E-state index is 10.4. The fourth-order valence-corrected chi connectivity index (χ4v) is 3.87. The molecule has 0 atom stereocenters. The van der Waals surface area contributed by atoms with E-state index in [1.54, 1.807) is 24.3 Å². The van der Waals surface area contributed by atoms with Crippen molar-refractivity contribution in [2.75, 3.05) is 4.90 Å². The molecule has 3 N–H and O–H groups in total. The van der Waals surface area contributed by atoms with Crippen LogP contribution in [0.3, 0.4) is 0 Å². The maximum absolute atomic E-state index is 10.4. The molecular formula is C28H27NO4. The highest BCUT2D eigenvalue weighted by molar-refractivity contribution is 5.78. The van der Waals surface area contributed by atoms with Crippen molar-refractivity contribution in [1.29, 1.82) is 0 Å². The van der Waals surface area contributed by atoms with Crippen molar-refractivity contribution in [1.82, 2.24) is 0 Å². The van der Waals surface area contributed by atoms with E-state index in [1.807, 2.05) is 81.1 Å². The lowest BCUT2D eigenvalue weighted by Gasteiger charge is -2.26. The summed E-state index contributed by atoms with van der Waals surface area (Å²) < 4.78 is 5.99. The highest BCUT2D eigenvalue weighted by Crippen LogP contribution is 2.40. The van der Waals surface area contributed by atoms with Gasteiger partial charge in [0.15, 0.2) is 11.5 Å². The maximum Gasteiger partial charge on any atom is 0.172 e. The van der Waals surface area contributed by atoms with Crippen LogP contribution in [0.25, 0.3) is 0 Å². The van der Waals surface area contributed by atoms with Gasteiger partial charge in [-0.05, 0) is 98.5 Å². The Bertz CT molecular complexity index is 1220. The first-order valence-corrected chi connectivity index (χ1v) is 10.7. The second-order valence-corrected chi connectivity index (χ2v) is 8.36. The molecule has 5 heteroatoms. The predicted octanol–water partition coefficient (Wildman–Crippen LogP) is 7.30. The molecule has 0 aliphatic heterocycles. The first-order chi connectivity index (χ1) is 15.7. The molecule has 0 spiro atoms. The molecule has 0 saturated carbocycles. The Morgan fingerprint density at radius 3 is 1.61 bits per heavy atom. The summed E-state index contributed by atoms with van der Waals surface area (Å²) in [5, 5.41) is 30.8. The zero-order valence-electron chi connectivity index (χ0n) is 19.1. The van der Waals surface area contributed by atoms with Gasteiger partial charge in [0, 0.05) is 17.8 Å². The Morgan fingerprint density at radius 1 is 0.576 bits per heavy atom. The molecule has 0 heterocycles. The standard InChI is InChI=1S/C28H27NO4/c1-17-11-22(15-24(30)13-17)29(23-12-18(2)14-25(31)16-23)21-7-9-26(10-8-21)33-28-20(4)6-5-19(3)27(28)32/h5-16,30-32H,1-4H3. The minimum atomic E-state index is 0.131. The van der Waals surface area contributed by atoms with E-state index in [4.69, 9.17) is 4.74 Å². The number of rotatable bonds is 5. The predicted molar refractivity (Wildman–Crippen MR) is 132 cm³/mol. The number of nitrogens with zero attached hydrogens (tertiary/aromatic N) is 1. The second kappa shape index (κ2) is 8.79. The lowest BCUT2D eigenvalue weighted by atomic mass is 10.1. The minimum absolute atomic E-state index is 0.131. The van der Waals surface area contributed by atoms with E-state index in [1.165, 1.54) is 0 Å².